The van der Waals surface area contributed by atoms with Gasteiger partial charge in [0.15, 0.2) is 0 Å². The second kappa shape index (κ2) is 6.68. The molecule has 0 unspecified atom stereocenters. The summed E-state index contributed by atoms with van der Waals surface area (Å²) in [5.41, 5.74) is 1.89. The summed E-state index contributed by atoms with van der Waals surface area (Å²) in [6, 6.07) is 12.3. The van der Waals surface area contributed by atoms with E-state index in [-0.39, 0.29) is 5.56 Å². The highest BCUT2D eigenvalue weighted by Crippen LogP contribution is 2.15. The van der Waals surface area contributed by atoms with Crippen molar-refractivity contribution in [2.75, 3.05) is 0 Å². The van der Waals surface area contributed by atoms with Crippen LogP contribution in [0.15, 0.2) is 53.3 Å². The van der Waals surface area contributed by atoms with Gasteiger partial charge in [0.2, 0.25) is 0 Å². The normalized spacial score (nSPS) is 11.2. The molecule has 120 valence electrons. The van der Waals surface area contributed by atoms with Gasteiger partial charge in [0, 0.05) is 17.5 Å². The molecule has 3 aromatic rings. The van der Waals surface area contributed by atoms with Crippen LogP contribution in [0.25, 0.3) is 17.0 Å². The van der Waals surface area contributed by atoms with Crippen LogP contribution < -0.4 is 5.56 Å². The van der Waals surface area contributed by atoms with Crippen molar-refractivity contribution in [1.82, 2.24) is 9.97 Å². The van der Waals surface area contributed by atoms with Crippen LogP contribution >= 0.6 is 11.6 Å². The van der Waals surface area contributed by atoms with Crippen molar-refractivity contribution in [2.24, 2.45) is 0 Å². The van der Waals surface area contributed by atoms with E-state index in [1.165, 1.54) is 6.08 Å². The number of nitrogens with zero attached hydrogens (tertiary/aromatic N) is 1. The molecule has 0 saturated heterocycles. The van der Waals surface area contributed by atoms with Gasteiger partial charge in [-0.25, -0.2) is 9.78 Å². The van der Waals surface area contributed by atoms with Gasteiger partial charge in [0.25, 0.3) is 5.56 Å². The van der Waals surface area contributed by atoms with Gasteiger partial charge in [-0.15, -0.1) is 0 Å². The topological polar surface area (TPSA) is 83.0 Å². The maximum Gasteiger partial charge on any atom is 0.328 e. The van der Waals surface area contributed by atoms with Crippen LogP contribution in [-0.4, -0.2) is 21.0 Å². The van der Waals surface area contributed by atoms with Gasteiger partial charge < -0.3 is 10.1 Å². The standard InChI is InChI=1S/C18H13ClN2O3/c19-13-3-1-2-12(8-13)10-16-20-15-9-11(5-7-17(22)23)4-6-14(15)18(24)21-16/h1-9H,10H2,(H,22,23)(H,20,21,24)/b7-5+. The third-order valence-corrected chi connectivity index (χ3v) is 3.69. The van der Waals surface area contributed by atoms with E-state index in [0.717, 1.165) is 11.6 Å². The number of nitrogens with one attached hydrogen (secondary N) is 1. The predicted molar refractivity (Wildman–Crippen MR) is 93.3 cm³/mol. The first-order valence-electron chi connectivity index (χ1n) is 7.20. The SMILES string of the molecule is O=C(O)/C=C/c1ccc2c(=O)[nH]c(Cc3cccc(Cl)c3)nc2c1. The average Bonchev–Trinajstić information content (AvgIpc) is 2.52. The molecule has 0 aliphatic carbocycles. The lowest BCUT2D eigenvalue weighted by molar-refractivity contribution is -0.131. The number of fused-ring (bicyclic) bond motifs is 1. The van der Waals surface area contributed by atoms with Gasteiger partial charge >= 0.3 is 5.97 Å². The van der Waals surface area contributed by atoms with Crippen LogP contribution in [0.4, 0.5) is 0 Å². The summed E-state index contributed by atoms with van der Waals surface area (Å²) in [6.45, 7) is 0. The van der Waals surface area contributed by atoms with E-state index in [1.54, 1.807) is 24.3 Å². The van der Waals surface area contributed by atoms with Crippen LogP contribution in [0, 0.1) is 0 Å². The second-order valence-electron chi connectivity index (χ2n) is 5.27. The summed E-state index contributed by atoms with van der Waals surface area (Å²) in [5, 5.41) is 9.77. The summed E-state index contributed by atoms with van der Waals surface area (Å²) in [7, 11) is 0. The van der Waals surface area contributed by atoms with Crippen LogP contribution in [-0.2, 0) is 11.2 Å². The lowest BCUT2D eigenvalue weighted by Crippen LogP contribution is -2.12. The molecule has 6 heteroatoms. The number of aromatic amines is 1. The van der Waals surface area contributed by atoms with Crippen molar-refractivity contribution in [3.05, 3.63) is 80.9 Å². The zero-order valence-corrected chi connectivity index (χ0v) is 13.2. The Bertz CT molecular complexity index is 1010. The van der Waals surface area contributed by atoms with Crippen molar-refractivity contribution in [3.8, 4) is 0 Å². The van der Waals surface area contributed by atoms with Crippen molar-refractivity contribution in [2.45, 2.75) is 6.42 Å². The van der Waals surface area contributed by atoms with Gasteiger partial charge in [0.05, 0.1) is 10.9 Å². The maximum absolute atomic E-state index is 12.2. The van der Waals surface area contributed by atoms with Gasteiger partial charge in [0.1, 0.15) is 5.82 Å². The zero-order chi connectivity index (χ0) is 17.1. The van der Waals surface area contributed by atoms with E-state index in [2.05, 4.69) is 9.97 Å². The number of carbonyl (C=O) groups is 1. The van der Waals surface area contributed by atoms with Gasteiger partial charge in [-0.05, 0) is 41.5 Å². The van der Waals surface area contributed by atoms with Gasteiger partial charge in [-0.2, -0.15) is 0 Å². The second-order valence-corrected chi connectivity index (χ2v) is 5.70. The molecule has 2 aromatic carbocycles. The number of aromatic nitrogens is 2. The molecule has 0 aliphatic heterocycles. The van der Waals surface area contributed by atoms with E-state index >= 15 is 0 Å². The molecule has 2 N–H and O–H groups in total. The summed E-state index contributed by atoms with van der Waals surface area (Å²) < 4.78 is 0. The molecule has 5 nitrogen and oxygen atoms in total. The lowest BCUT2D eigenvalue weighted by Gasteiger charge is -2.05. The fourth-order valence-corrected chi connectivity index (χ4v) is 2.61. The highest BCUT2D eigenvalue weighted by atomic mass is 35.5. The Labute approximate surface area is 142 Å². The predicted octanol–water partition coefficient (Wildman–Crippen LogP) is 3.27. The molecule has 24 heavy (non-hydrogen) atoms. The first kappa shape index (κ1) is 16.0. The molecule has 0 radical (unpaired) electrons. The number of rotatable bonds is 4. The summed E-state index contributed by atoms with van der Waals surface area (Å²) in [5.74, 6) is -0.509. The number of H-pyrrole nitrogens is 1. The largest absolute Gasteiger partial charge is 0.478 e. The Morgan fingerprint density at radius 3 is 2.83 bits per heavy atom. The van der Waals surface area contributed by atoms with Gasteiger partial charge in [-0.1, -0.05) is 29.8 Å². The number of halogens is 1. The monoisotopic (exact) mass is 340 g/mol. The number of hydrogen-bond donors (Lipinski definition) is 2. The van der Waals surface area contributed by atoms with E-state index in [9.17, 15) is 9.59 Å². The molecule has 1 heterocycles. The van der Waals surface area contributed by atoms with E-state index in [4.69, 9.17) is 16.7 Å². The van der Waals surface area contributed by atoms with Crippen LogP contribution in [0.1, 0.15) is 17.0 Å². The fraction of sp³-hybridized carbons (Fsp3) is 0.0556. The molecule has 0 saturated carbocycles. The molecule has 3 rings (SSSR count). The molecular formula is C18H13ClN2O3. The number of benzene rings is 2. The third kappa shape index (κ3) is 3.70. The summed E-state index contributed by atoms with van der Waals surface area (Å²) >= 11 is 5.97. The average molecular weight is 341 g/mol. The molecule has 0 atom stereocenters. The first-order valence-corrected chi connectivity index (χ1v) is 7.57. The molecule has 0 fully saturated rings. The maximum atomic E-state index is 12.2. The zero-order valence-electron chi connectivity index (χ0n) is 12.5. The number of aliphatic carboxylic acids is 1. The van der Waals surface area contributed by atoms with Crippen LogP contribution in [0.2, 0.25) is 5.02 Å². The minimum atomic E-state index is -1.03. The molecule has 0 bridgehead atoms. The number of carboxylic acid groups (broad SMARTS) is 1. The smallest absolute Gasteiger partial charge is 0.328 e. The van der Waals surface area contributed by atoms with E-state index in [1.807, 2.05) is 18.2 Å². The Hall–Kier alpha value is -2.92. The molecule has 1 aromatic heterocycles. The van der Waals surface area contributed by atoms with E-state index < -0.39 is 5.97 Å². The Kier molecular flexibility index (Phi) is 4.44. The van der Waals surface area contributed by atoms with E-state index in [0.29, 0.717) is 33.7 Å². The minimum Gasteiger partial charge on any atom is -0.478 e. The molecule has 0 amide bonds. The van der Waals surface area contributed by atoms with Crippen molar-refractivity contribution < 1.29 is 9.90 Å². The molecule has 0 aliphatic rings. The molecule has 0 spiro atoms. The third-order valence-electron chi connectivity index (χ3n) is 3.46. The highest BCUT2D eigenvalue weighted by molar-refractivity contribution is 6.30. The first-order chi connectivity index (χ1) is 11.5. The summed E-state index contributed by atoms with van der Waals surface area (Å²) in [6.07, 6.45) is 2.95. The van der Waals surface area contributed by atoms with Crippen LogP contribution in [0.3, 0.4) is 0 Å². The van der Waals surface area contributed by atoms with Crippen LogP contribution in [0.5, 0.6) is 0 Å². The Morgan fingerprint density at radius 2 is 2.08 bits per heavy atom. The van der Waals surface area contributed by atoms with Crippen molar-refractivity contribution >= 4 is 34.5 Å². The minimum absolute atomic E-state index is 0.231. The summed E-state index contributed by atoms with van der Waals surface area (Å²) in [4.78, 5) is 30.0. The van der Waals surface area contributed by atoms with Crippen molar-refractivity contribution in [3.63, 3.8) is 0 Å². The lowest BCUT2D eigenvalue weighted by atomic mass is 10.1. The Balaban J connectivity index is 2.00. The van der Waals surface area contributed by atoms with Crippen molar-refractivity contribution in [1.29, 1.82) is 0 Å². The highest BCUT2D eigenvalue weighted by Gasteiger charge is 2.06. The fourth-order valence-electron chi connectivity index (χ4n) is 2.40. The van der Waals surface area contributed by atoms with Gasteiger partial charge in [-0.3, -0.25) is 4.79 Å². The quantitative estimate of drug-likeness (QED) is 0.714. The number of carboxylic acids is 1. The molecular weight excluding hydrogens is 328 g/mol. The Morgan fingerprint density at radius 1 is 1.25 bits per heavy atom. The number of hydrogen-bond acceptors (Lipinski definition) is 3.